The molecule has 3 aromatic rings. The van der Waals surface area contributed by atoms with E-state index in [1.54, 1.807) is 35.0 Å². The number of benzene rings is 2. The first kappa shape index (κ1) is 15.9. The highest BCUT2D eigenvalue weighted by atomic mass is 19.1. The molecule has 0 aliphatic heterocycles. The second-order valence-corrected chi connectivity index (χ2v) is 5.17. The Hall–Kier alpha value is -3.02. The summed E-state index contributed by atoms with van der Waals surface area (Å²) in [5.74, 6) is -0.628. The van der Waals surface area contributed by atoms with Gasteiger partial charge in [0.15, 0.2) is 0 Å². The van der Waals surface area contributed by atoms with Crippen LogP contribution in [0.3, 0.4) is 0 Å². The van der Waals surface area contributed by atoms with Crippen LogP contribution in [0.25, 0.3) is 22.6 Å². The summed E-state index contributed by atoms with van der Waals surface area (Å²) in [5, 5.41) is 0. The molecule has 0 fully saturated rings. The normalized spacial score (nSPS) is 10.6. The van der Waals surface area contributed by atoms with Crippen molar-refractivity contribution in [3.8, 4) is 22.6 Å². The Bertz CT molecular complexity index is 856. The van der Waals surface area contributed by atoms with E-state index in [0.29, 0.717) is 22.6 Å². The average molecular weight is 328 g/mol. The third-order valence-corrected chi connectivity index (χ3v) is 3.55. The zero-order valence-corrected chi connectivity index (χ0v) is 12.9. The van der Waals surface area contributed by atoms with E-state index >= 15 is 0 Å². The van der Waals surface area contributed by atoms with Crippen molar-refractivity contribution in [2.45, 2.75) is 6.54 Å². The topological polar surface area (TPSA) is 44.1 Å². The second kappa shape index (κ2) is 6.62. The molecule has 24 heavy (non-hydrogen) atoms. The van der Waals surface area contributed by atoms with Gasteiger partial charge in [0.05, 0.1) is 12.8 Å². The minimum atomic E-state index is -0.429. The van der Waals surface area contributed by atoms with E-state index in [9.17, 15) is 13.6 Å². The third-order valence-electron chi connectivity index (χ3n) is 3.55. The molecule has 122 valence electrons. The van der Waals surface area contributed by atoms with Crippen LogP contribution in [0.2, 0.25) is 0 Å². The second-order valence-electron chi connectivity index (χ2n) is 5.17. The van der Waals surface area contributed by atoms with Crippen molar-refractivity contribution in [2.24, 2.45) is 0 Å². The Morgan fingerprint density at radius 2 is 1.54 bits per heavy atom. The number of ether oxygens (including phenoxy) is 1. The summed E-state index contributed by atoms with van der Waals surface area (Å²) >= 11 is 0. The number of methoxy groups -OCH3 is 1. The molecule has 0 unspecified atom stereocenters. The lowest BCUT2D eigenvalue weighted by molar-refractivity contribution is -0.141. The Morgan fingerprint density at radius 3 is 2.08 bits per heavy atom. The van der Waals surface area contributed by atoms with Gasteiger partial charge in [-0.3, -0.25) is 4.79 Å². The largest absolute Gasteiger partial charge is 0.468 e. The van der Waals surface area contributed by atoms with Crippen LogP contribution in [0.5, 0.6) is 0 Å². The molecule has 3 rings (SSSR count). The number of esters is 1. The maximum absolute atomic E-state index is 13.1. The van der Waals surface area contributed by atoms with Crippen molar-refractivity contribution in [3.05, 3.63) is 66.4 Å². The fraction of sp³-hybridized carbons (Fsp3) is 0.111. The lowest BCUT2D eigenvalue weighted by Crippen LogP contribution is -2.11. The number of carbonyl (C=O) groups excluding carboxylic acids is 1. The first-order valence-electron chi connectivity index (χ1n) is 7.22. The summed E-state index contributed by atoms with van der Waals surface area (Å²) in [6.45, 7) is -0.0304. The molecule has 0 amide bonds. The highest BCUT2D eigenvalue weighted by molar-refractivity contribution is 5.72. The molecule has 6 heteroatoms. The van der Waals surface area contributed by atoms with Crippen LogP contribution in [0.4, 0.5) is 8.78 Å². The first-order chi connectivity index (χ1) is 11.6. The highest BCUT2D eigenvalue weighted by Gasteiger charge is 2.14. The summed E-state index contributed by atoms with van der Waals surface area (Å²) in [5.41, 5.74) is 1.95. The van der Waals surface area contributed by atoms with Crippen molar-refractivity contribution in [2.75, 3.05) is 7.11 Å². The number of hydrogen-bond acceptors (Lipinski definition) is 3. The number of imidazole rings is 1. The van der Waals surface area contributed by atoms with Gasteiger partial charge in [-0.2, -0.15) is 0 Å². The number of aromatic nitrogens is 2. The van der Waals surface area contributed by atoms with E-state index in [-0.39, 0.29) is 18.2 Å². The van der Waals surface area contributed by atoms with Crippen LogP contribution in [0.15, 0.2) is 54.7 Å². The zero-order chi connectivity index (χ0) is 17.1. The van der Waals surface area contributed by atoms with Crippen LogP contribution in [-0.4, -0.2) is 22.6 Å². The molecular formula is C18H14F2N2O2. The molecule has 0 atom stereocenters. The summed E-state index contributed by atoms with van der Waals surface area (Å²) in [6, 6.07) is 11.7. The Kier molecular flexibility index (Phi) is 4.37. The molecule has 0 saturated carbocycles. The van der Waals surface area contributed by atoms with Crippen molar-refractivity contribution in [1.82, 2.24) is 9.55 Å². The Morgan fingerprint density at radius 1 is 1.00 bits per heavy atom. The van der Waals surface area contributed by atoms with Gasteiger partial charge in [-0.05, 0) is 48.5 Å². The number of halogens is 2. The zero-order valence-electron chi connectivity index (χ0n) is 12.9. The molecule has 0 aliphatic carbocycles. The van der Waals surface area contributed by atoms with Gasteiger partial charge in [-0.1, -0.05) is 0 Å². The van der Waals surface area contributed by atoms with Crippen LogP contribution in [0.1, 0.15) is 0 Å². The van der Waals surface area contributed by atoms with Gasteiger partial charge < -0.3 is 9.30 Å². The van der Waals surface area contributed by atoms with Gasteiger partial charge in [-0.15, -0.1) is 0 Å². The van der Waals surface area contributed by atoms with E-state index in [1.165, 1.54) is 31.4 Å². The Balaban J connectivity index is 2.06. The molecule has 0 bridgehead atoms. The minimum absolute atomic E-state index is 0.0304. The molecule has 0 radical (unpaired) electrons. The van der Waals surface area contributed by atoms with Crippen LogP contribution < -0.4 is 0 Å². The maximum atomic E-state index is 13.1. The molecule has 0 saturated heterocycles. The molecule has 1 aromatic heterocycles. The van der Waals surface area contributed by atoms with Crippen LogP contribution in [0, 0.1) is 11.6 Å². The average Bonchev–Trinajstić information content (AvgIpc) is 3.00. The summed E-state index contributed by atoms with van der Waals surface area (Å²) in [4.78, 5) is 16.1. The summed E-state index contributed by atoms with van der Waals surface area (Å²) in [6.07, 6.45) is 1.68. The molecule has 1 heterocycles. The fourth-order valence-corrected chi connectivity index (χ4v) is 2.33. The van der Waals surface area contributed by atoms with Gasteiger partial charge in [0.2, 0.25) is 0 Å². The molecule has 0 aliphatic rings. The van der Waals surface area contributed by atoms with Gasteiger partial charge in [0.25, 0.3) is 0 Å². The van der Waals surface area contributed by atoms with E-state index in [1.807, 2.05) is 0 Å². The van der Waals surface area contributed by atoms with Gasteiger partial charge in [-0.25, -0.2) is 13.8 Å². The van der Waals surface area contributed by atoms with Gasteiger partial charge >= 0.3 is 5.97 Å². The van der Waals surface area contributed by atoms with E-state index in [4.69, 9.17) is 4.74 Å². The van der Waals surface area contributed by atoms with Crippen molar-refractivity contribution < 1.29 is 18.3 Å². The number of rotatable bonds is 4. The standard InChI is InChI=1S/C18H14F2N2O2/c1-24-17(23)11-22-10-16(12-2-6-14(19)7-3-12)21-18(22)13-4-8-15(20)9-5-13/h2-10H,11H2,1H3. The van der Waals surface area contributed by atoms with E-state index < -0.39 is 5.97 Å². The predicted molar refractivity (Wildman–Crippen MR) is 85.0 cm³/mol. The van der Waals surface area contributed by atoms with Crippen LogP contribution in [-0.2, 0) is 16.1 Å². The molecule has 4 nitrogen and oxygen atoms in total. The van der Waals surface area contributed by atoms with E-state index in [2.05, 4.69) is 4.98 Å². The van der Waals surface area contributed by atoms with Crippen LogP contribution >= 0.6 is 0 Å². The lowest BCUT2D eigenvalue weighted by Gasteiger charge is -2.06. The molecule has 0 spiro atoms. The number of carbonyl (C=O) groups is 1. The minimum Gasteiger partial charge on any atom is -0.468 e. The van der Waals surface area contributed by atoms with E-state index in [0.717, 1.165) is 0 Å². The highest BCUT2D eigenvalue weighted by Crippen LogP contribution is 2.25. The smallest absolute Gasteiger partial charge is 0.325 e. The van der Waals surface area contributed by atoms with Gasteiger partial charge in [0.1, 0.15) is 24.0 Å². The number of hydrogen-bond donors (Lipinski definition) is 0. The maximum Gasteiger partial charge on any atom is 0.325 e. The Labute approximate surface area is 137 Å². The molecular weight excluding hydrogens is 314 g/mol. The monoisotopic (exact) mass is 328 g/mol. The molecule has 2 aromatic carbocycles. The first-order valence-corrected chi connectivity index (χ1v) is 7.22. The number of nitrogens with zero attached hydrogens (tertiary/aromatic N) is 2. The molecule has 0 N–H and O–H groups in total. The SMILES string of the molecule is COC(=O)Cn1cc(-c2ccc(F)cc2)nc1-c1ccc(F)cc1. The predicted octanol–water partition coefficient (Wildman–Crippen LogP) is 3.67. The van der Waals surface area contributed by atoms with Gasteiger partial charge in [0, 0.05) is 17.3 Å². The van der Waals surface area contributed by atoms with Crippen molar-refractivity contribution >= 4 is 5.97 Å². The quantitative estimate of drug-likeness (QED) is 0.687. The summed E-state index contributed by atoms with van der Waals surface area (Å²) in [7, 11) is 1.30. The lowest BCUT2D eigenvalue weighted by atomic mass is 10.2. The van der Waals surface area contributed by atoms with Crippen molar-refractivity contribution in [1.29, 1.82) is 0 Å². The fourth-order valence-electron chi connectivity index (χ4n) is 2.33. The third kappa shape index (κ3) is 3.32. The van der Waals surface area contributed by atoms with Crippen molar-refractivity contribution in [3.63, 3.8) is 0 Å². The summed E-state index contributed by atoms with van der Waals surface area (Å²) < 4.78 is 32.5.